The molecule has 112 valence electrons. The van der Waals surface area contributed by atoms with Crippen LogP contribution in [-0.4, -0.2) is 41.9 Å². The number of nitro groups is 1. The molecular formula is C15H19N3O3. The number of rotatable bonds is 2. The van der Waals surface area contributed by atoms with Gasteiger partial charge in [0.05, 0.1) is 4.92 Å². The summed E-state index contributed by atoms with van der Waals surface area (Å²) in [4.78, 5) is 25.2. The number of carbonyl (C=O) groups is 1. The molecule has 0 radical (unpaired) electrons. The standard InChI is InChI=1S/C15H19N3O3/c1-11-3-2-4-12(18(20)21)13(11)14(19)17-8-6-15(10-17)5-7-16-9-15/h2-4,16H,5-10H2,1H3. The molecule has 1 N–H and O–H groups in total. The van der Waals surface area contributed by atoms with E-state index < -0.39 is 4.92 Å². The SMILES string of the molecule is Cc1cccc([N+](=O)[O-])c1C(=O)N1CCC2(CCNC2)C1. The van der Waals surface area contributed by atoms with Gasteiger partial charge >= 0.3 is 0 Å². The van der Waals surface area contributed by atoms with Crippen LogP contribution in [0.25, 0.3) is 0 Å². The Hall–Kier alpha value is -1.95. The summed E-state index contributed by atoms with van der Waals surface area (Å²) in [5.74, 6) is -0.205. The quantitative estimate of drug-likeness (QED) is 0.664. The monoisotopic (exact) mass is 289 g/mol. The van der Waals surface area contributed by atoms with E-state index in [9.17, 15) is 14.9 Å². The smallest absolute Gasteiger partial charge is 0.282 e. The highest BCUT2D eigenvalue weighted by molar-refractivity contribution is 5.99. The van der Waals surface area contributed by atoms with Gasteiger partial charge in [0.25, 0.3) is 11.6 Å². The Morgan fingerprint density at radius 2 is 2.24 bits per heavy atom. The maximum absolute atomic E-state index is 12.7. The first-order chi connectivity index (χ1) is 10.0. The molecule has 2 saturated heterocycles. The molecule has 21 heavy (non-hydrogen) atoms. The number of hydrogen-bond donors (Lipinski definition) is 1. The van der Waals surface area contributed by atoms with Crippen molar-refractivity contribution in [1.29, 1.82) is 0 Å². The fraction of sp³-hybridized carbons (Fsp3) is 0.533. The van der Waals surface area contributed by atoms with E-state index in [-0.39, 0.29) is 22.6 Å². The summed E-state index contributed by atoms with van der Waals surface area (Å²) in [5.41, 5.74) is 0.989. The third-order valence-electron chi connectivity index (χ3n) is 4.72. The van der Waals surface area contributed by atoms with Crippen molar-refractivity contribution >= 4 is 11.6 Å². The van der Waals surface area contributed by atoms with E-state index in [0.29, 0.717) is 18.7 Å². The molecule has 0 aliphatic carbocycles. The second-order valence-corrected chi connectivity index (χ2v) is 6.13. The van der Waals surface area contributed by atoms with Gasteiger partial charge in [0.2, 0.25) is 0 Å². The normalized spacial score (nSPS) is 24.7. The summed E-state index contributed by atoms with van der Waals surface area (Å²) in [6, 6.07) is 4.78. The summed E-state index contributed by atoms with van der Waals surface area (Å²) in [5, 5.41) is 14.5. The molecule has 2 aliphatic rings. The van der Waals surface area contributed by atoms with Crippen molar-refractivity contribution in [3.8, 4) is 0 Å². The Kier molecular flexibility index (Phi) is 3.41. The lowest BCUT2D eigenvalue weighted by Gasteiger charge is -2.23. The van der Waals surface area contributed by atoms with E-state index in [4.69, 9.17) is 0 Å². The van der Waals surface area contributed by atoms with E-state index in [2.05, 4.69) is 5.32 Å². The van der Waals surface area contributed by atoms with Crippen LogP contribution in [0.5, 0.6) is 0 Å². The molecular weight excluding hydrogens is 270 g/mol. The molecule has 1 atom stereocenters. The largest absolute Gasteiger partial charge is 0.338 e. The molecule has 1 aromatic rings. The van der Waals surface area contributed by atoms with E-state index in [1.807, 2.05) is 0 Å². The minimum atomic E-state index is -0.469. The number of aryl methyl sites for hydroxylation is 1. The average molecular weight is 289 g/mol. The number of amides is 1. The van der Waals surface area contributed by atoms with Crippen LogP contribution >= 0.6 is 0 Å². The van der Waals surface area contributed by atoms with Crippen LogP contribution in [0, 0.1) is 22.5 Å². The van der Waals surface area contributed by atoms with Crippen molar-refractivity contribution in [1.82, 2.24) is 10.2 Å². The molecule has 6 heteroatoms. The highest BCUT2D eigenvalue weighted by Crippen LogP contribution is 2.37. The third kappa shape index (κ3) is 2.40. The zero-order chi connectivity index (χ0) is 15.0. The second-order valence-electron chi connectivity index (χ2n) is 6.13. The highest BCUT2D eigenvalue weighted by Gasteiger charge is 2.43. The Morgan fingerprint density at radius 3 is 2.90 bits per heavy atom. The van der Waals surface area contributed by atoms with Gasteiger partial charge in [-0.3, -0.25) is 14.9 Å². The molecule has 1 spiro atoms. The first-order valence-electron chi connectivity index (χ1n) is 7.26. The van der Waals surface area contributed by atoms with Gasteiger partial charge < -0.3 is 10.2 Å². The van der Waals surface area contributed by atoms with Gasteiger partial charge in [0.1, 0.15) is 5.56 Å². The second kappa shape index (κ2) is 5.11. The number of nitrogens with zero attached hydrogens (tertiary/aromatic N) is 2. The van der Waals surface area contributed by atoms with Gasteiger partial charge in [-0.05, 0) is 31.9 Å². The Morgan fingerprint density at radius 1 is 1.43 bits per heavy atom. The predicted octanol–water partition coefficient (Wildman–Crippen LogP) is 1.73. The van der Waals surface area contributed by atoms with Crippen molar-refractivity contribution in [2.24, 2.45) is 5.41 Å². The summed E-state index contributed by atoms with van der Waals surface area (Å²) < 4.78 is 0. The van der Waals surface area contributed by atoms with Gasteiger partial charge in [-0.2, -0.15) is 0 Å². The van der Waals surface area contributed by atoms with Gasteiger partial charge in [-0.1, -0.05) is 12.1 Å². The molecule has 6 nitrogen and oxygen atoms in total. The van der Waals surface area contributed by atoms with Crippen LogP contribution in [0.1, 0.15) is 28.8 Å². The number of likely N-dealkylation sites (tertiary alicyclic amines) is 1. The van der Waals surface area contributed by atoms with Crippen molar-refractivity contribution in [2.45, 2.75) is 19.8 Å². The number of nitrogens with one attached hydrogen (secondary N) is 1. The first kappa shape index (κ1) is 14.0. The van der Waals surface area contributed by atoms with Gasteiger partial charge in [0, 0.05) is 31.1 Å². The Balaban J connectivity index is 1.88. The third-order valence-corrected chi connectivity index (χ3v) is 4.72. The van der Waals surface area contributed by atoms with Crippen molar-refractivity contribution in [2.75, 3.05) is 26.2 Å². The molecule has 2 aliphatic heterocycles. The van der Waals surface area contributed by atoms with Crippen LogP contribution < -0.4 is 5.32 Å². The predicted molar refractivity (Wildman–Crippen MR) is 78.3 cm³/mol. The maximum Gasteiger partial charge on any atom is 0.282 e. The Bertz CT molecular complexity index is 594. The molecule has 0 aromatic heterocycles. The van der Waals surface area contributed by atoms with E-state index in [1.54, 1.807) is 24.0 Å². The lowest BCUT2D eigenvalue weighted by Crippen LogP contribution is -2.34. The molecule has 0 saturated carbocycles. The number of nitro benzene ring substituents is 1. The molecule has 2 fully saturated rings. The van der Waals surface area contributed by atoms with E-state index >= 15 is 0 Å². The molecule has 0 bridgehead atoms. The zero-order valence-electron chi connectivity index (χ0n) is 12.1. The summed E-state index contributed by atoms with van der Waals surface area (Å²) in [7, 11) is 0. The molecule has 1 amide bonds. The number of benzene rings is 1. The minimum absolute atomic E-state index is 0.0921. The zero-order valence-corrected chi connectivity index (χ0v) is 12.1. The van der Waals surface area contributed by atoms with Gasteiger partial charge in [-0.15, -0.1) is 0 Å². The van der Waals surface area contributed by atoms with Crippen LogP contribution in [-0.2, 0) is 0 Å². The van der Waals surface area contributed by atoms with E-state index in [1.165, 1.54) is 6.07 Å². The lowest BCUT2D eigenvalue weighted by atomic mass is 9.86. The van der Waals surface area contributed by atoms with E-state index in [0.717, 1.165) is 25.9 Å². The van der Waals surface area contributed by atoms with Gasteiger partial charge in [-0.25, -0.2) is 0 Å². The number of hydrogen-bond acceptors (Lipinski definition) is 4. The minimum Gasteiger partial charge on any atom is -0.338 e. The summed E-state index contributed by atoms with van der Waals surface area (Å²) in [6.07, 6.45) is 2.05. The highest BCUT2D eigenvalue weighted by atomic mass is 16.6. The van der Waals surface area contributed by atoms with Crippen LogP contribution in [0.4, 0.5) is 5.69 Å². The van der Waals surface area contributed by atoms with Crippen molar-refractivity contribution in [3.63, 3.8) is 0 Å². The van der Waals surface area contributed by atoms with Crippen LogP contribution in [0.15, 0.2) is 18.2 Å². The molecule has 3 rings (SSSR count). The fourth-order valence-electron chi connectivity index (χ4n) is 3.49. The van der Waals surface area contributed by atoms with Crippen LogP contribution in [0.3, 0.4) is 0 Å². The molecule has 2 heterocycles. The summed E-state index contributed by atoms with van der Waals surface area (Å²) in [6.45, 7) is 5.07. The van der Waals surface area contributed by atoms with Gasteiger partial charge in [0.15, 0.2) is 0 Å². The van der Waals surface area contributed by atoms with Crippen molar-refractivity contribution in [3.05, 3.63) is 39.4 Å². The topological polar surface area (TPSA) is 75.5 Å². The lowest BCUT2D eigenvalue weighted by molar-refractivity contribution is -0.385. The molecule has 1 unspecified atom stereocenters. The van der Waals surface area contributed by atoms with Crippen LogP contribution in [0.2, 0.25) is 0 Å². The maximum atomic E-state index is 12.7. The van der Waals surface area contributed by atoms with Crippen molar-refractivity contribution < 1.29 is 9.72 Å². The Labute approximate surface area is 123 Å². The first-order valence-corrected chi connectivity index (χ1v) is 7.26. The molecule has 1 aromatic carbocycles. The fourth-order valence-corrected chi connectivity index (χ4v) is 3.49. The average Bonchev–Trinajstić information content (AvgIpc) is 3.08. The summed E-state index contributed by atoms with van der Waals surface area (Å²) >= 11 is 0. The number of carbonyl (C=O) groups excluding carboxylic acids is 1.